The van der Waals surface area contributed by atoms with E-state index in [0.717, 1.165) is 0 Å². The van der Waals surface area contributed by atoms with E-state index in [1.54, 1.807) is 0 Å². The van der Waals surface area contributed by atoms with Crippen molar-refractivity contribution in [3.05, 3.63) is 45.7 Å². The van der Waals surface area contributed by atoms with Gasteiger partial charge in [0, 0.05) is 5.56 Å². The highest BCUT2D eigenvalue weighted by molar-refractivity contribution is 6.33. The second-order valence-electron chi connectivity index (χ2n) is 3.20. The first kappa shape index (κ1) is 13.0. The SMILES string of the molecule is Fc1cc(-c2nc(Cl)c(F)c(Cl)n2)cc(F)c1F. The molecule has 18 heavy (non-hydrogen) atoms. The summed E-state index contributed by atoms with van der Waals surface area (Å²) in [5, 5.41) is -1.20. The van der Waals surface area contributed by atoms with Gasteiger partial charge in [-0.15, -0.1) is 0 Å². The predicted molar refractivity (Wildman–Crippen MR) is 57.3 cm³/mol. The van der Waals surface area contributed by atoms with Crippen molar-refractivity contribution >= 4 is 23.2 Å². The van der Waals surface area contributed by atoms with Crippen LogP contribution in [0.2, 0.25) is 10.3 Å². The fourth-order valence-electron chi connectivity index (χ4n) is 1.21. The number of benzene rings is 1. The molecule has 0 saturated carbocycles. The summed E-state index contributed by atoms with van der Waals surface area (Å²) in [6.07, 6.45) is 0. The molecule has 0 N–H and O–H groups in total. The Balaban J connectivity index is 2.63. The van der Waals surface area contributed by atoms with Crippen molar-refractivity contribution in [2.45, 2.75) is 0 Å². The van der Waals surface area contributed by atoms with Crippen LogP contribution in [0.4, 0.5) is 17.6 Å². The molecule has 0 aliphatic heterocycles. The van der Waals surface area contributed by atoms with Gasteiger partial charge in [0.25, 0.3) is 0 Å². The van der Waals surface area contributed by atoms with Crippen molar-refractivity contribution in [2.24, 2.45) is 0 Å². The van der Waals surface area contributed by atoms with Gasteiger partial charge in [0.1, 0.15) is 0 Å². The third-order valence-electron chi connectivity index (χ3n) is 2.01. The van der Waals surface area contributed by atoms with Gasteiger partial charge in [-0.2, -0.15) is 0 Å². The number of rotatable bonds is 1. The van der Waals surface area contributed by atoms with Crippen LogP contribution in [0.15, 0.2) is 12.1 Å². The zero-order valence-corrected chi connectivity index (χ0v) is 9.83. The summed E-state index contributed by atoms with van der Waals surface area (Å²) < 4.78 is 51.8. The number of aromatic nitrogens is 2. The standard InChI is InChI=1S/C10H2Cl2F4N2/c11-8-7(16)9(12)18-10(17-8)3-1-4(13)6(15)5(14)2-3/h1-2H. The van der Waals surface area contributed by atoms with Gasteiger partial charge in [-0.05, 0) is 12.1 Å². The highest BCUT2D eigenvalue weighted by atomic mass is 35.5. The molecule has 0 aliphatic carbocycles. The smallest absolute Gasteiger partial charge is 0.197 e. The molecule has 0 bridgehead atoms. The van der Waals surface area contributed by atoms with E-state index in [-0.39, 0.29) is 11.4 Å². The van der Waals surface area contributed by atoms with E-state index in [0.29, 0.717) is 12.1 Å². The largest absolute Gasteiger partial charge is 0.213 e. The molecule has 0 radical (unpaired) electrons. The highest BCUT2D eigenvalue weighted by Crippen LogP contribution is 2.26. The molecule has 94 valence electrons. The van der Waals surface area contributed by atoms with Crippen LogP contribution in [0.25, 0.3) is 11.4 Å². The first-order chi connectivity index (χ1) is 8.40. The van der Waals surface area contributed by atoms with Gasteiger partial charge in [-0.3, -0.25) is 0 Å². The van der Waals surface area contributed by atoms with Crippen LogP contribution < -0.4 is 0 Å². The Hall–Kier alpha value is -1.40. The summed E-state index contributed by atoms with van der Waals surface area (Å²) in [7, 11) is 0. The molecule has 0 saturated heterocycles. The Morgan fingerprint density at radius 1 is 0.778 bits per heavy atom. The van der Waals surface area contributed by atoms with Crippen molar-refractivity contribution in [2.75, 3.05) is 0 Å². The van der Waals surface area contributed by atoms with Crippen LogP contribution in [0.1, 0.15) is 0 Å². The summed E-state index contributed by atoms with van der Waals surface area (Å²) in [6.45, 7) is 0. The van der Waals surface area contributed by atoms with Crippen LogP contribution in [0, 0.1) is 23.3 Å². The Bertz CT molecular complexity index is 532. The average molecular weight is 297 g/mol. The quantitative estimate of drug-likeness (QED) is 0.451. The summed E-state index contributed by atoms with van der Waals surface area (Å²) >= 11 is 10.8. The van der Waals surface area contributed by atoms with Crippen LogP contribution in [-0.2, 0) is 0 Å². The molecule has 2 nitrogen and oxygen atoms in total. The van der Waals surface area contributed by atoms with Crippen molar-refractivity contribution in [3.8, 4) is 11.4 Å². The maximum atomic E-state index is 13.1. The van der Waals surface area contributed by atoms with Crippen molar-refractivity contribution < 1.29 is 17.6 Å². The summed E-state index contributed by atoms with van der Waals surface area (Å²) in [4.78, 5) is 6.91. The molecule has 0 spiro atoms. The molecule has 1 aromatic heterocycles. The van der Waals surface area contributed by atoms with Gasteiger partial charge in [0.2, 0.25) is 0 Å². The van der Waals surface area contributed by atoms with E-state index < -0.39 is 33.6 Å². The molecule has 2 aromatic rings. The zero-order chi connectivity index (χ0) is 13.4. The Labute approximate surface area is 108 Å². The maximum Gasteiger partial charge on any atom is 0.197 e. The first-order valence-electron chi connectivity index (χ1n) is 4.43. The molecule has 0 amide bonds. The van der Waals surface area contributed by atoms with Crippen LogP contribution in [-0.4, -0.2) is 9.97 Å². The first-order valence-corrected chi connectivity index (χ1v) is 5.19. The third-order valence-corrected chi connectivity index (χ3v) is 2.51. The average Bonchev–Trinajstić information content (AvgIpc) is 2.31. The Kier molecular flexibility index (Phi) is 3.41. The third kappa shape index (κ3) is 2.26. The lowest BCUT2D eigenvalue weighted by Crippen LogP contribution is -1.98. The number of hydrogen-bond donors (Lipinski definition) is 0. The molecular weight excluding hydrogens is 295 g/mol. The number of hydrogen-bond acceptors (Lipinski definition) is 2. The normalized spacial score (nSPS) is 10.8. The topological polar surface area (TPSA) is 25.8 Å². The fraction of sp³-hybridized carbons (Fsp3) is 0. The van der Waals surface area contributed by atoms with Crippen LogP contribution >= 0.6 is 23.2 Å². The van der Waals surface area contributed by atoms with Crippen molar-refractivity contribution in [1.29, 1.82) is 0 Å². The molecule has 0 unspecified atom stereocenters. The number of nitrogens with zero attached hydrogens (tertiary/aromatic N) is 2. The van der Waals surface area contributed by atoms with Gasteiger partial charge in [-0.1, -0.05) is 23.2 Å². The van der Waals surface area contributed by atoms with Crippen LogP contribution in [0.3, 0.4) is 0 Å². The van der Waals surface area contributed by atoms with Gasteiger partial charge < -0.3 is 0 Å². The van der Waals surface area contributed by atoms with Gasteiger partial charge in [0.05, 0.1) is 0 Å². The van der Waals surface area contributed by atoms with Crippen molar-refractivity contribution in [1.82, 2.24) is 9.97 Å². The lowest BCUT2D eigenvalue weighted by molar-refractivity contribution is 0.447. The predicted octanol–water partition coefficient (Wildman–Crippen LogP) is 4.01. The minimum atomic E-state index is -1.63. The lowest BCUT2D eigenvalue weighted by atomic mass is 10.2. The molecule has 8 heteroatoms. The molecule has 0 fully saturated rings. The van der Waals surface area contributed by atoms with Crippen LogP contribution in [0.5, 0.6) is 0 Å². The maximum absolute atomic E-state index is 13.1. The molecule has 0 aliphatic rings. The van der Waals surface area contributed by atoms with Gasteiger partial charge in [-0.25, -0.2) is 27.5 Å². The van der Waals surface area contributed by atoms with E-state index in [1.165, 1.54) is 0 Å². The van der Waals surface area contributed by atoms with E-state index in [9.17, 15) is 17.6 Å². The van der Waals surface area contributed by atoms with Crippen molar-refractivity contribution in [3.63, 3.8) is 0 Å². The second kappa shape index (κ2) is 4.70. The Morgan fingerprint density at radius 2 is 1.22 bits per heavy atom. The minimum absolute atomic E-state index is 0.213. The lowest BCUT2D eigenvalue weighted by Gasteiger charge is -2.04. The molecule has 1 aromatic carbocycles. The van der Waals surface area contributed by atoms with E-state index >= 15 is 0 Å². The molecular formula is C10H2Cl2F4N2. The highest BCUT2D eigenvalue weighted by Gasteiger charge is 2.16. The molecule has 0 atom stereocenters. The summed E-state index contributed by atoms with van der Waals surface area (Å²) in [5.41, 5.74) is -0.213. The molecule has 1 heterocycles. The number of halogens is 6. The van der Waals surface area contributed by atoms with E-state index in [1.807, 2.05) is 0 Å². The Morgan fingerprint density at radius 3 is 1.67 bits per heavy atom. The van der Waals surface area contributed by atoms with E-state index in [2.05, 4.69) is 9.97 Å². The minimum Gasteiger partial charge on any atom is -0.213 e. The van der Waals surface area contributed by atoms with E-state index in [4.69, 9.17) is 23.2 Å². The molecule has 2 rings (SSSR count). The van der Waals surface area contributed by atoms with Gasteiger partial charge in [0.15, 0.2) is 39.4 Å². The summed E-state index contributed by atoms with van der Waals surface area (Å²) in [5.74, 6) is -5.84. The summed E-state index contributed by atoms with van der Waals surface area (Å²) in [6, 6.07) is 1.30. The fourth-order valence-corrected chi connectivity index (χ4v) is 1.60. The zero-order valence-electron chi connectivity index (χ0n) is 8.32. The monoisotopic (exact) mass is 296 g/mol. The second-order valence-corrected chi connectivity index (χ2v) is 3.91. The van der Waals surface area contributed by atoms with Gasteiger partial charge >= 0.3 is 0 Å².